The van der Waals surface area contributed by atoms with Gasteiger partial charge < -0.3 is 14.5 Å². The quantitative estimate of drug-likeness (QED) is 0.849. The summed E-state index contributed by atoms with van der Waals surface area (Å²) in [5.41, 5.74) is 2.09. The van der Waals surface area contributed by atoms with Crippen molar-refractivity contribution in [3.8, 4) is 5.75 Å². The number of carbonyl (C=O) groups is 2. The molecule has 1 aliphatic heterocycles. The van der Waals surface area contributed by atoms with Crippen LogP contribution in [0.15, 0.2) is 42.5 Å². The van der Waals surface area contributed by atoms with Gasteiger partial charge in [-0.3, -0.25) is 9.59 Å². The number of nitrogens with zero attached hydrogens (tertiary/aromatic N) is 2. The number of anilines is 1. The first-order valence-corrected chi connectivity index (χ1v) is 8.45. The fourth-order valence-electron chi connectivity index (χ4n) is 3.16. The number of amides is 2. The van der Waals surface area contributed by atoms with Gasteiger partial charge in [-0.25, -0.2) is 4.39 Å². The van der Waals surface area contributed by atoms with Gasteiger partial charge in [0, 0.05) is 18.7 Å². The monoisotopic (exact) mass is 356 g/mol. The van der Waals surface area contributed by atoms with Crippen LogP contribution in [0.1, 0.15) is 22.8 Å². The van der Waals surface area contributed by atoms with Gasteiger partial charge >= 0.3 is 0 Å². The van der Waals surface area contributed by atoms with Crippen molar-refractivity contribution in [3.05, 3.63) is 59.4 Å². The van der Waals surface area contributed by atoms with Crippen molar-refractivity contribution >= 4 is 17.5 Å². The maximum Gasteiger partial charge on any atom is 0.254 e. The Morgan fingerprint density at radius 2 is 1.85 bits per heavy atom. The van der Waals surface area contributed by atoms with Crippen molar-refractivity contribution in [1.29, 1.82) is 0 Å². The number of carbonyl (C=O) groups excluding carboxylic acids is 2. The molecule has 0 radical (unpaired) electrons. The summed E-state index contributed by atoms with van der Waals surface area (Å²) >= 11 is 0. The molecule has 2 aromatic rings. The largest absolute Gasteiger partial charge is 0.495 e. The Morgan fingerprint density at radius 3 is 2.50 bits per heavy atom. The Balaban J connectivity index is 1.84. The van der Waals surface area contributed by atoms with Gasteiger partial charge in [0.2, 0.25) is 5.91 Å². The predicted molar refractivity (Wildman–Crippen MR) is 97.0 cm³/mol. The second-order valence-corrected chi connectivity index (χ2v) is 6.35. The van der Waals surface area contributed by atoms with Gasteiger partial charge in [0.25, 0.3) is 5.91 Å². The van der Waals surface area contributed by atoms with Gasteiger partial charge in [-0.15, -0.1) is 0 Å². The summed E-state index contributed by atoms with van der Waals surface area (Å²) < 4.78 is 18.5. The van der Waals surface area contributed by atoms with Crippen molar-refractivity contribution in [2.45, 2.75) is 19.9 Å². The number of hydrogen-bond acceptors (Lipinski definition) is 3. The molecule has 0 saturated carbocycles. The van der Waals surface area contributed by atoms with Crippen LogP contribution in [-0.4, -0.2) is 43.0 Å². The van der Waals surface area contributed by atoms with E-state index in [4.69, 9.17) is 4.74 Å². The summed E-state index contributed by atoms with van der Waals surface area (Å²) in [7, 11) is 1.57. The summed E-state index contributed by atoms with van der Waals surface area (Å²) in [6, 6.07) is 10.4. The van der Waals surface area contributed by atoms with Crippen LogP contribution >= 0.6 is 0 Å². The van der Waals surface area contributed by atoms with Crippen LogP contribution in [0.2, 0.25) is 0 Å². The third-order valence-corrected chi connectivity index (χ3v) is 4.63. The Kier molecular flexibility index (Phi) is 4.93. The fourth-order valence-corrected chi connectivity index (χ4v) is 3.16. The number of rotatable bonds is 3. The lowest BCUT2D eigenvalue weighted by atomic mass is 10.1. The standard InChI is InChI=1S/C20H21FN2O3/c1-13-4-9-18(26-3)17(12-13)23-11-10-22(14(2)19(23)24)20(25)15-5-7-16(21)8-6-15/h4-9,12,14H,10-11H2,1-3H3. The maximum atomic E-state index is 13.1. The minimum atomic E-state index is -0.619. The van der Waals surface area contributed by atoms with E-state index in [9.17, 15) is 14.0 Å². The zero-order valence-electron chi connectivity index (χ0n) is 15.0. The van der Waals surface area contributed by atoms with Crippen molar-refractivity contribution in [2.24, 2.45) is 0 Å². The molecule has 1 unspecified atom stereocenters. The minimum Gasteiger partial charge on any atom is -0.495 e. The van der Waals surface area contributed by atoms with Crippen molar-refractivity contribution in [2.75, 3.05) is 25.1 Å². The lowest BCUT2D eigenvalue weighted by Gasteiger charge is -2.39. The summed E-state index contributed by atoms with van der Waals surface area (Å²) in [6.45, 7) is 4.42. The van der Waals surface area contributed by atoms with Gasteiger partial charge in [-0.2, -0.15) is 0 Å². The summed E-state index contributed by atoms with van der Waals surface area (Å²) in [5, 5.41) is 0. The number of methoxy groups -OCH3 is 1. The van der Waals surface area contributed by atoms with Gasteiger partial charge in [-0.05, 0) is 55.8 Å². The van der Waals surface area contributed by atoms with Crippen LogP contribution in [0, 0.1) is 12.7 Å². The molecule has 136 valence electrons. The first-order valence-electron chi connectivity index (χ1n) is 8.45. The Bertz CT molecular complexity index is 835. The van der Waals surface area contributed by atoms with Crippen LogP contribution in [0.4, 0.5) is 10.1 Å². The molecule has 6 heteroatoms. The molecule has 0 spiro atoms. The number of benzene rings is 2. The summed E-state index contributed by atoms with van der Waals surface area (Å²) in [4.78, 5) is 28.8. The van der Waals surface area contributed by atoms with Gasteiger partial charge in [0.1, 0.15) is 17.6 Å². The highest BCUT2D eigenvalue weighted by atomic mass is 19.1. The van der Waals surface area contributed by atoms with Crippen molar-refractivity contribution in [3.63, 3.8) is 0 Å². The van der Waals surface area contributed by atoms with E-state index in [0.29, 0.717) is 30.1 Å². The molecule has 1 atom stereocenters. The maximum absolute atomic E-state index is 13.1. The third-order valence-electron chi connectivity index (χ3n) is 4.63. The lowest BCUT2D eigenvalue weighted by Crippen LogP contribution is -2.57. The smallest absolute Gasteiger partial charge is 0.254 e. The average Bonchev–Trinajstić information content (AvgIpc) is 2.64. The number of halogens is 1. The average molecular weight is 356 g/mol. The summed E-state index contributed by atoms with van der Waals surface area (Å²) in [6.07, 6.45) is 0. The molecule has 1 heterocycles. The van der Waals surface area contributed by atoms with Crippen LogP contribution in [-0.2, 0) is 4.79 Å². The number of hydrogen-bond donors (Lipinski definition) is 0. The predicted octanol–water partition coefficient (Wildman–Crippen LogP) is 3.02. The zero-order chi connectivity index (χ0) is 18.8. The molecule has 0 aromatic heterocycles. The van der Waals surface area contributed by atoms with Crippen LogP contribution in [0.3, 0.4) is 0 Å². The molecule has 1 aliphatic rings. The SMILES string of the molecule is COc1ccc(C)cc1N1CCN(C(=O)c2ccc(F)cc2)C(C)C1=O. The number of ether oxygens (including phenoxy) is 1. The molecule has 0 N–H and O–H groups in total. The Hall–Kier alpha value is -2.89. The second kappa shape index (κ2) is 7.15. The molecule has 5 nitrogen and oxygen atoms in total. The Morgan fingerprint density at radius 1 is 1.15 bits per heavy atom. The molecule has 0 bridgehead atoms. The van der Waals surface area contributed by atoms with Crippen LogP contribution in [0.25, 0.3) is 0 Å². The molecule has 1 saturated heterocycles. The third kappa shape index (κ3) is 3.27. The van der Waals surface area contributed by atoms with E-state index in [-0.39, 0.29) is 11.8 Å². The normalized spacial score (nSPS) is 17.4. The first kappa shape index (κ1) is 17.9. The highest BCUT2D eigenvalue weighted by Crippen LogP contribution is 2.31. The van der Waals surface area contributed by atoms with Gasteiger partial charge in [-0.1, -0.05) is 6.07 Å². The van der Waals surface area contributed by atoms with Crippen molar-refractivity contribution < 1.29 is 18.7 Å². The Labute approximate surface area is 152 Å². The molecular formula is C20H21FN2O3. The first-order chi connectivity index (χ1) is 12.4. The van der Waals surface area contributed by atoms with Crippen LogP contribution in [0.5, 0.6) is 5.75 Å². The second-order valence-electron chi connectivity index (χ2n) is 6.35. The van der Waals surface area contributed by atoms with E-state index in [1.165, 1.54) is 29.2 Å². The van der Waals surface area contributed by atoms with E-state index in [2.05, 4.69) is 0 Å². The van der Waals surface area contributed by atoms with Gasteiger partial charge in [0.05, 0.1) is 12.8 Å². The zero-order valence-corrected chi connectivity index (χ0v) is 15.0. The highest BCUT2D eigenvalue weighted by molar-refractivity contribution is 6.04. The fraction of sp³-hybridized carbons (Fsp3) is 0.300. The molecule has 26 heavy (non-hydrogen) atoms. The number of piperazine rings is 1. The molecule has 1 fully saturated rings. The molecular weight excluding hydrogens is 335 g/mol. The number of aryl methyl sites for hydroxylation is 1. The van der Waals surface area contributed by atoms with E-state index in [1.54, 1.807) is 18.9 Å². The van der Waals surface area contributed by atoms with E-state index in [0.717, 1.165) is 5.56 Å². The minimum absolute atomic E-state index is 0.171. The van der Waals surface area contributed by atoms with Crippen molar-refractivity contribution in [1.82, 2.24) is 4.90 Å². The molecule has 3 rings (SSSR count). The lowest BCUT2D eigenvalue weighted by molar-refractivity contribution is -0.124. The molecule has 2 amide bonds. The van der Waals surface area contributed by atoms with Crippen LogP contribution < -0.4 is 9.64 Å². The summed E-state index contributed by atoms with van der Waals surface area (Å²) in [5.74, 6) is -0.228. The highest BCUT2D eigenvalue weighted by Gasteiger charge is 2.36. The van der Waals surface area contributed by atoms with E-state index in [1.807, 2.05) is 25.1 Å². The van der Waals surface area contributed by atoms with Gasteiger partial charge in [0.15, 0.2) is 0 Å². The van der Waals surface area contributed by atoms with E-state index < -0.39 is 11.9 Å². The molecule has 0 aliphatic carbocycles. The van der Waals surface area contributed by atoms with E-state index >= 15 is 0 Å². The topological polar surface area (TPSA) is 49.9 Å². The molecule has 2 aromatic carbocycles.